The predicted octanol–water partition coefficient (Wildman–Crippen LogP) is 13.4. The van der Waals surface area contributed by atoms with Crippen molar-refractivity contribution in [3.8, 4) is 44.5 Å². The molecule has 0 aliphatic carbocycles. The summed E-state index contributed by atoms with van der Waals surface area (Å²) < 4.78 is 0. The lowest BCUT2D eigenvalue weighted by molar-refractivity contribution is 1.52. The average Bonchev–Trinajstić information content (AvgIpc) is 3.57. The topological polar surface area (TPSA) is 15.8 Å². The van der Waals surface area contributed by atoms with Gasteiger partial charge in [0.2, 0.25) is 0 Å². The summed E-state index contributed by atoms with van der Waals surface area (Å²) in [6.07, 6.45) is 0. The average molecular weight is 622 g/mol. The van der Waals surface area contributed by atoms with Gasteiger partial charge in [0, 0.05) is 21.9 Å². The highest BCUT2D eigenvalue weighted by Crippen LogP contribution is 2.50. The van der Waals surface area contributed by atoms with Gasteiger partial charge in [0.05, 0.1) is 5.52 Å². The Morgan fingerprint density at radius 2 is 0.735 bits per heavy atom. The van der Waals surface area contributed by atoms with Crippen LogP contribution in [0.15, 0.2) is 182 Å². The van der Waals surface area contributed by atoms with Crippen LogP contribution < -0.4 is 0 Å². The van der Waals surface area contributed by atoms with Crippen molar-refractivity contribution in [1.82, 2.24) is 4.98 Å². The maximum atomic E-state index is 3.88. The van der Waals surface area contributed by atoms with E-state index in [1.54, 1.807) is 0 Å². The first kappa shape index (κ1) is 27.7. The van der Waals surface area contributed by atoms with Gasteiger partial charge in [-0.3, -0.25) is 0 Å². The Morgan fingerprint density at radius 3 is 1.41 bits per heavy atom. The van der Waals surface area contributed by atoms with E-state index in [1.807, 2.05) is 0 Å². The predicted molar refractivity (Wildman–Crippen MR) is 210 cm³/mol. The van der Waals surface area contributed by atoms with Crippen molar-refractivity contribution in [2.45, 2.75) is 0 Å². The van der Waals surface area contributed by atoms with E-state index < -0.39 is 0 Å². The molecule has 0 saturated carbocycles. The molecule has 0 atom stereocenters. The van der Waals surface area contributed by atoms with Gasteiger partial charge < -0.3 is 4.98 Å². The third-order valence-electron chi connectivity index (χ3n) is 10.2. The summed E-state index contributed by atoms with van der Waals surface area (Å²) in [5.74, 6) is 0. The van der Waals surface area contributed by atoms with Gasteiger partial charge in [-0.1, -0.05) is 176 Å². The first-order valence-corrected chi connectivity index (χ1v) is 17.0. The van der Waals surface area contributed by atoms with Gasteiger partial charge in [-0.05, 0) is 77.3 Å². The molecule has 10 aromatic rings. The SMILES string of the molecule is c1ccc(-c2cccc(-c3c(-c4ccccc4)ccc4c3[nH]c3ccccc34)c2-c2cccc3c4ccccc4c4ccccc4c23)cc1. The molecule has 49 heavy (non-hydrogen) atoms. The van der Waals surface area contributed by atoms with Crippen LogP contribution in [0.3, 0.4) is 0 Å². The molecule has 0 unspecified atom stereocenters. The summed E-state index contributed by atoms with van der Waals surface area (Å²) in [4.78, 5) is 3.88. The highest BCUT2D eigenvalue weighted by atomic mass is 14.7. The summed E-state index contributed by atoms with van der Waals surface area (Å²) in [7, 11) is 0. The monoisotopic (exact) mass is 621 g/mol. The Morgan fingerprint density at radius 1 is 0.265 bits per heavy atom. The van der Waals surface area contributed by atoms with E-state index in [0.29, 0.717) is 0 Å². The third-order valence-corrected chi connectivity index (χ3v) is 10.2. The highest BCUT2D eigenvalue weighted by molar-refractivity contribution is 6.29. The number of H-pyrrole nitrogens is 1. The molecule has 1 aromatic heterocycles. The number of hydrogen-bond donors (Lipinski definition) is 1. The fraction of sp³-hybridized carbons (Fsp3) is 0. The van der Waals surface area contributed by atoms with Crippen LogP contribution in [-0.2, 0) is 0 Å². The second-order valence-corrected chi connectivity index (χ2v) is 12.9. The molecule has 1 N–H and O–H groups in total. The Labute approximate surface area is 284 Å². The molecule has 9 aromatic carbocycles. The number of rotatable bonds is 4. The molecule has 228 valence electrons. The number of aromatic amines is 1. The van der Waals surface area contributed by atoms with Crippen LogP contribution in [-0.4, -0.2) is 4.98 Å². The van der Waals surface area contributed by atoms with Crippen molar-refractivity contribution < 1.29 is 0 Å². The van der Waals surface area contributed by atoms with Crippen molar-refractivity contribution in [2.75, 3.05) is 0 Å². The van der Waals surface area contributed by atoms with E-state index in [-0.39, 0.29) is 0 Å². The molecule has 0 spiro atoms. The lowest BCUT2D eigenvalue weighted by atomic mass is 9.81. The smallest absolute Gasteiger partial charge is 0.0551 e. The first-order chi connectivity index (χ1) is 24.3. The third kappa shape index (κ3) is 4.26. The van der Waals surface area contributed by atoms with Gasteiger partial charge in [0.25, 0.3) is 0 Å². The molecule has 0 radical (unpaired) electrons. The largest absolute Gasteiger partial charge is 0.354 e. The van der Waals surface area contributed by atoms with Crippen LogP contribution in [0.5, 0.6) is 0 Å². The van der Waals surface area contributed by atoms with Crippen LogP contribution in [0.1, 0.15) is 0 Å². The number of fused-ring (bicyclic) bond motifs is 9. The number of hydrogen-bond acceptors (Lipinski definition) is 0. The molecular formula is C48H31N. The molecule has 1 heteroatoms. The zero-order valence-corrected chi connectivity index (χ0v) is 26.8. The number of nitrogens with one attached hydrogen (secondary N) is 1. The molecule has 0 aliphatic rings. The molecular weight excluding hydrogens is 591 g/mol. The van der Waals surface area contributed by atoms with Crippen molar-refractivity contribution in [2.24, 2.45) is 0 Å². The maximum Gasteiger partial charge on any atom is 0.0551 e. The second kappa shape index (κ2) is 11.1. The van der Waals surface area contributed by atoms with Gasteiger partial charge in [-0.15, -0.1) is 0 Å². The van der Waals surface area contributed by atoms with Gasteiger partial charge in [0.1, 0.15) is 0 Å². The number of para-hydroxylation sites is 1. The standard InChI is InChI=1S/C48H31N/c1-3-15-31(16-4-1)33-24-13-27-43(47-34(32-17-5-2-6-18-32)29-30-41-38-22-11-12-28-44(38)49-48(41)47)45(33)42-26-14-25-40-37-20-8-7-19-35(37)36-21-9-10-23-39(36)46(40)42/h1-30,49H. The van der Waals surface area contributed by atoms with Crippen LogP contribution in [0, 0.1) is 0 Å². The van der Waals surface area contributed by atoms with E-state index in [4.69, 9.17) is 0 Å². The van der Waals surface area contributed by atoms with Crippen molar-refractivity contribution in [1.29, 1.82) is 0 Å². The van der Waals surface area contributed by atoms with E-state index in [9.17, 15) is 0 Å². The quantitative estimate of drug-likeness (QED) is 0.188. The van der Waals surface area contributed by atoms with Crippen LogP contribution in [0.2, 0.25) is 0 Å². The molecule has 0 aliphatic heterocycles. The normalized spacial score (nSPS) is 11.7. The summed E-state index contributed by atoms with van der Waals surface area (Å²) in [6, 6.07) is 66.4. The first-order valence-electron chi connectivity index (χ1n) is 17.0. The minimum absolute atomic E-state index is 1.15. The summed E-state index contributed by atoms with van der Waals surface area (Å²) in [6.45, 7) is 0. The fourth-order valence-corrected chi connectivity index (χ4v) is 8.13. The van der Waals surface area contributed by atoms with Gasteiger partial charge in [-0.2, -0.15) is 0 Å². The van der Waals surface area contributed by atoms with Crippen molar-refractivity contribution >= 4 is 54.1 Å². The van der Waals surface area contributed by atoms with Gasteiger partial charge in [-0.25, -0.2) is 0 Å². The molecule has 1 nitrogen and oxygen atoms in total. The van der Waals surface area contributed by atoms with E-state index in [1.165, 1.54) is 87.6 Å². The molecule has 0 amide bonds. The van der Waals surface area contributed by atoms with Crippen LogP contribution in [0.4, 0.5) is 0 Å². The second-order valence-electron chi connectivity index (χ2n) is 12.9. The van der Waals surface area contributed by atoms with Gasteiger partial charge >= 0.3 is 0 Å². The Balaban J connectivity index is 1.42. The van der Waals surface area contributed by atoms with Crippen LogP contribution in [0.25, 0.3) is 98.6 Å². The summed E-state index contributed by atoms with van der Waals surface area (Å²) >= 11 is 0. The molecule has 10 rings (SSSR count). The Kier molecular flexibility index (Phi) is 6.25. The summed E-state index contributed by atoms with van der Waals surface area (Å²) in [5.41, 5.74) is 12.0. The lowest BCUT2D eigenvalue weighted by Crippen LogP contribution is -1.95. The number of aromatic nitrogens is 1. The van der Waals surface area contributed by atoms with Gasteiger partial charge in [0.15, 0.2) is 0 Å². The highest BCUT2D eigenvalue weighted by Gasteiger charge is 2.23. The minimum atomic E-state index is 1.15. The van der Waals surface area contributed by atoms with Crippen molar-refractivity contribution in [3.05, 3.63) is 182 Å². The fourth-order valence-electron chi connectivity index (χ4n) is 8.13. The molecule has 0 saturated heterocycles. The van der Waals surface area contributed by atoms with Crippen LogP contribution >= 0.6 is 0 Å². The Hall–Kier alpha value is -6.44. The zero-order chi connectivity index (χ0) is 32.3. The molecule has 0 bridgehead atoms. The molecule has 1 heterocycles. The Bertz CT molecular complexity index is 2810. The maximum absolute atomic E-state index is 3.88. The van der Waals surface area contributed by atoms with Crippen molar-refractivity contribution in [3.63, 3.8) is 0 Å². The zero-order valence-electron chi connectivity index (χ0n) is 26.8. The number of benzene rings is 9. The van der Waals surface area contributed by atoms with E-state index in [0.717, 1.165) is 11.0 Å². The van der Waals surface area contributed by atoms with E-state index >= 15 is 0 Å². The lowest BCUT2D eigenvalue weighted by Gasteiger charge is -2.22. The molecule has 0 fully saturated rings. The van der Waals surface area contributed by atoms with E-state index in [2.05, 4.69) is 187 Å². The summed E-state index contributed by atoms with van der Waals surface area (Å²) in [5, 5.41) is 10.1. The minimum Gasteiger partial charge on any atom is -0.354 e.